The third-order valence-electron chi connectivity index (χ3n) is 4.01. The van der Waals surface area contributed by atoms with Crippen molar-refractivity contribution in [2.45, 2.75) is 37.8 Å². The van der Waals surface area contributed by atoms with Gasteiger partial charge >= 0.3 is 0 Å². The molecule has 106 valence electrons. The first-order chi connectivity index (χ1) is 9.74. The summed E-state index contributed by atoms with van der Waals surface area (Å²) >= 11 is 0. The van der Waals surface area contributed by atoms with E-state index in [0.717, 1.165) is 42.8 Å². The zero-order chi connectivity index (χ0) is 13.9. The van der Waals surface area contributed by atoms with Gasteiger partial charge in [-0.25, -0.2) is 0 Å². The minimum absolute atomic E-state index is 0.377. The first-order valence-electron chi connectivity index (χ1n) is 7.19. The molecule has 1 heterocycles. The Labute approximate surface area is 119 Å². The number of rotatable bonds is 3. The minimum atomic E-state index is 0.377. The lowest BCUT2D eigenvalue weighted by molar-refractivity contribution is 0.411. The first-order valence-corrected chi connectivity index (χ1v) is 7.19. The van der Waals surface area contributed by atoms with E-state index in [-0.39, 0.29) is 0 Å². The van der Waals surface area contributed by atoms with E-state index in [1.165, 1.54) is 0 Å². The van der Waals surface area contributed by atoms with Crippen LogP contribution in [0, 0.1) is 0 Å². The van der Waals surface area contributed by atoms with E-state index in [9.17, 15) is 0 Å². The monoisotopic (exact) mass is 271 g/mol. The number of hydrogen-bond donors (Lipinski definition) is 2. The number of nitrogens with zero attached hydrogens (tertiary/aromatic N) is 3. The maximum atomic E-state index is 5.97. The highest BCUT2D eigenvalue weighted by Crippen LogP contribution is 2.28. The van der Waals surface area contributed by atoms with Crippen LogP contribution in [0.15, 0.2) is 30.6 Å². The Morgan fingerprint density at radius 3 is 2.65 bits per heavy atom. The van der Waals surface area contributed by atoms with Crippen molar-refractivity contribution in [3.63, 3.8) is 0 Å². The summed E-state index contributed by atoms with van der Waals surface area (Å²) in [6.07, 6.45) is 6.20. The van der Waals surface area contributed by atoms with Crippen molar-refractivity contribution in [3.05, 3.63) is 30.6 Å². The molecule has 0 bridgehead atoms. The van der Waals surface area contributed by atoms with Gasteiger partial charge in [-0.1, -0.05) is 12.1 Å². The van der Waals surface area contributed by atoms with Crippen LogP contribution >= 0.6 is 0 Å². The highest BCUT2D eigenvalue weighted by molar-refractivity contribution is 5.73. The SMILES string of the molecule is Cn1cnnc1-c1ccccc1NC1CCC(N)CC1. The van der Waals surface area contributed by atoms with Crippen LogP contribution in [0.1, 0.15) is 25.7 Å². The van der Waals surface area contributed by atoms with Crippen LogP contribution < -0.4 is 11.1 Å². The number of benzene rings is 1. The van der Waals surface area contributed by atoms with Crippen LogP contribution in [-0.4, -0.2) is 26.8 Å². The van der Waals surface area contributed by atoms with Crippen LogP contribution in [0.2, 0.25) is 0 Å². The predicted octanol–water partition coefficient (Wildman–Crippen LogP) is 2.16. The molecule has 1 aromatic carbocycles. The molecule has 1 aromatic heterocycles. The largest absolute Gasteiger partial charge is 0.382 e. The number of hydrogen-bond acceptors (Lipinski definition) is 4. The predicted molar refractivity (Wildman–Crippen MR) is 80.3 cm³/mol. The molecule has 0 spiro atoms. The van der Waals surface area contributed by atoms with E-state index in [4.69, 9.17) is 5.73 Å². The molecule has 0 unspecified atom stereocenters. The molecule has 0 radical (unpaired) electrons. The second-order valence-corrected chi connectivity index (χ2v) is 5.57. The van der Waals surface area contributed by atoms with Crippen molar-refractivity contribution < 1.29 is 0 Å². The van der Waals surface area contributed by atoms with Gasteiger partial charge in [-0.15, -0.1) is 10.2 Å². The van der Waals surface area contributed by atoms with Crippen LogP contribution in [0.4, 0.5) is 5.69 Å². The molecule has 1 aliphatic carbocycles. The fourth-order valence-electron chi connectivity index (χ4n) is 2.81. The lowest BCUT2D eigenvalue weighted by Crippen LogP contribution is -2.32. The molecule has 20 heavy (non-hydrogen) atoms. The van der Waals surface area contributed by atoms with Crippen LogP contribution in [-0.2, 0) is 7.05 Å². The smallest absolute Gasteiger partial charge is 0.165 e. The number of nitrogens with one attached hydrogen (secondary N) is 1. The highest BCUT2D eigenvalue weighted by atomic mass is 15.2. The van der Waals surface area contributed by atoms with E-state index in [1.54, 1.807) is 6.33 Å². The Kier molecular flexibility index (Phi) is 3.69. The van der Waals surface area contributed by atoms with Gasteiger partial charge in [-0.05, 0) is 37.8 Å². The number of anilines is 1. The molecule has 5 heteroatoms. The normalized spacial score (nSPS) is 22.7. The Morgan fingerprint density at radius 1 is 1.20 bits per heavy atom. The summed E-state index contributed by atoms with van der Waals surface area (Å²) in [5.41, 5.74) is 8.20. The van der Waals surface area contributed by atoms with Gasteiger partial charge in [0.1, 0.15) is 6.33 Å². The molecule has 1 saturated carbocycles. The van der Waals surface area contributed by atoms with Gasteiger partial charge < -0.3 is 15.6 Å². The Hall–Kier alpha value is -1.88. The van der Waals surface area contributed by atoms with Crippen LogP contribution in [0.25, 0.3) is 11.4 Å². The lowest BCUT2D eigenvalue weighted by Gasteiger charge is -2.28. The molecule has 1 fully saturated rings. The second-order valence-electron chi connectivity index (χ2n) is 5.57. The number of para-hydroxylation sites is 1. The first kappa shape index (κ1) is 13.1. The lowest BCUT2D eigenvalue weighted by atomic mass is 9.91. The standard InChI is InChI=1S/C15H21N5/c1-20-10-17-19-15(20)13-4-2-3-5-14(13)18-12-8-6-11(16)7-9-12/h2-5,10-12,18H,6-9,16H2,1H3. The van der Waals surface area contributed by atoms with Gasteiger partial charge in [-0.3, -0.25) is 0 Å². The molecular formula is C15H21N5. The Balaban J connectivity index is 1.82. The van der Waals surface area contributed by atoms with E-state index in [1.807, 2.05) is 17.7 Å². The van der Waals surface area contributed by atoms with Crippen molar-refractivity contribution in [1.29, 1.82) is 0 Å². The average molecular weight is 271 g/mol. The fraction of sp³-hybridized carbons (Fsp3) is 0.467. The number of nitrogens with two attached hydrogens (primary N) is 1. The maximum absolute atomic E-state index is 5.97. The molecule has 0 aliphatic heterocycles. The molecule has 0 atom stereocenters. The second kappa shape index (κ2) is 5.63. The van der Waals surface area contributed by atoms with E-state index < -0.39 is 0 Å². The topological polar surface area (TPSA) is 68.8 Å². The summed E-state index contributed by atoms with van der Waals surface area (Å²) in [5.74, 6) is 0.889. The molecule has 5 nitrogen and oxygen atoms in total. The Morgan fingerprint density at radius 2 is 1.95 bits per heavy atom. The third-order valence-corrected chi connectivity index (χ3v) is 4.01. The molecular weight excluding hydrogens is 250 g/mol. The van der Waals surface area contributed by atoms with Crippen LogP contribution in [0.5, 0.6) is 0 Å². The molecule has 0 amide bonds. The van der Waals surface area contributed by atoms with E-state index >= 15 is 0 Å². The highest BCUT2D eigenvalue weighted by Gasteiger charge is 2.19. The quantitative estimate of drug-likeness (QED) is 0.897. The van der Waals surface area contributed by atoms with Gasteiger partial charge in [0.2, 0.25) is 0 Å². The van der Waals surface area contributed by atoms with Crippen molar-refractivity contribution in [3.8, 4) is 11.4 Å². The zero-order valence-corrected chi connectivity index (χ0v) is 11.8. The van der Waals surface area contributed by atoms with Crippen molar-refractivity contribution in [2.24, 2.45) is 12.8 Å². The number of aryl methyl sites for hydroxylation is 1. The van der Waals surface area contributed by atoms with E-state index in [2.05, 4.69) is 33.7 Å². The number of aromatic nitrogens is 3. The van der Waals surface area contributed by atoms with Gasteiger partial charge in [0, 0.05) is 30.4 Å². The molecule has 0 saturated heterocycles. The van der Waals surface area contributed by atoms with Gasteiger partial charge in [0.25, 0.3) is 0 Å². The van der Waals surface area contributed by atoms with Gasteiger partial charge in [0.15, 0.2) is 5.82 Å². The average Bonchev–Trinajstić information content (AvgIpc) is 2.88. The van der Waals surface area contributed by atoms with Crippen molar-refractivity contribution in [2.75, 3.05) is 5.32 Å². The summed E-state index contributed by atoms with van der Waals surface area (Å²) in [5, 5.41) is 11.8. The fourth-order valence-corrected chi connectivity index (χ4v) is 2.81. The summed E-state index contributed by atoms with van der Waals surface area (Å²) < 4.78 is 1.94. The zero-order valence-electron chi connectivity index (χ0n) is 11.8. The van der Waals surface area contributed by atoms with Crippen LogP contribution in [0.3, 0.4) is 0 Å². The minimum Gasteiger partial charge on any atom is -0.382 e. The molecule has 1 aliphatic rings. The summed E-state index contributed by atoms with van der Waals surface area (Å²) in [4.78, 5) is 0. The molecule has 2 aromatic rings. The summed E-state index contributed by atoms with van der Waals surface area (Å²) in [6, 6.07) is 9.16. The molecule has 3 N–H and O–H groups in total. The van der Waals surface area contributed by atoms with Crippen molar-refractivity contribution in [1.82, 2.24) is 14.8 Å². The summed E-state index contributed by atoms with van der Waals surface area (Å²) in [7, 11) is 1.96. The summed E-state index contributed by atoms with van der Waals surface area (Å²) in [6.45, 7) is 0. The maximum Gasteiger partial charge on any atom is 0.165 e. The Bertz CT molecular complexity index is 569. The van der Waals surface area contributed by atoms with Gasteiger partial charge in [0.05, 0.1) is 0 Å². The third kappa shape index (κ3) is 2.67. The van der Waals surface area contributed by atoms with Crippen molar-refractivity contribution >= 4 is 5.69 Å². The van der Waals surface area contributed by atoms with E-state index in [0.29, 0.717) is 12.1 Å². The molecule has 3 rings (SSSR count). The van der Waals surface area contributed by atoms with Gasteiger partial charge in [-0.2, -0.15) is 0 Å².